The largest absolute Gasteiger partial charge is 0.481 e. The molecule has 3 N–H and O–H groups in total. The highest BCUT2D eigenvalue weighted by atomic mass is 32.2. The molecule has 2 unspecified atom stereocenters. The molecule has 4 rings (SSSR count). The monoisotopic (exact) mass is 534 g/mol. The topological polar surface area (TPSA) is 121 Å². The van der Waals surface area contributed by atoms with Crippen molar-refractivity contribution in [1.29, 1.82) is 0 Å². The van der Waals surface area contributed by atoms with Crippen LogP contribution in [-0.4, -0.2) is 35.5 Å². The maximum Gasteiger partial charge on any atom is 0.418 e. The van der Waals surface area contributed by atoms with Crippen molar-refractivity contribution >= 4 is 27.6 Å². The number of carboxylic acid groups (broad SMARTS) is 1. The number of nitrogens with one attached hydrogen (secondary N) is 2. The number of benzene rings is 1. The van der Waals surface area contributed by atoms with Gasteiger partial charge in [0.2, 0.25) is 0 Å². The summed E-state index contributed by atoms with van der Waals surface area (Å²) in [6.07, 6.45) is -2.27. The number of alkyl halides is 3. The summed E-state index contributed by atoms with van der Waals surface area (Å²) in [6.45, 7) is 1.64. The summed E-state index contributed by atoms with van der Waals surface area (Å²) < 4.78 is 69.3. The van der Waals surface area contributed by atoms with Gasteiger partial charge in [-0.05, 0) is 56.0 Å². The number of rotatable bonds is 7. The van der Waals surface area contributed by atoms with Gasteiger partial charge < -0.3 is 10.4 Å². The number of hydrogen-bond donors (Lipinski definition) is 3. The molecule has 2 atom stereocenters. The predicted octanol–water partition coefficient (Wildman–Crippen LogP) is 5.33. The zero-order chi connectivity index (χ0) is 26.8. The lowest BCUT2D eigenvalue weighted by molar-refractivity contribution is -0.143. The highest BCUT2D eigenvalue weighted by Crippen LogP contribution is 2.38. The summed E-state index contributed by atoms with van der Waals surface area (Å²) in [5.74, 6) is -1.38. The van der Waals surface area contributed by atoms with Crippen molar-refractivity contribution in [2.24, 2.45) is 5.92 Å². The van der Waals surface area contributed by atoms with E-state index in [0.29, 0.717) is 18.4 Å². The zero-order valence-electron chi connectivity index (χ0n) is 19.8. The van der Waals surface area contributed by atoms with E-state index in [4.69, 9.17) is 0 Å². The number of hydrogen-bond acceptors (Lipinski definition) is 6. The van der Waals surface area contributed by atoms with Gasteiger partial charge in [-0.1, -0.05) is 36.8 Å². The Morgan fingerprint density at radius 1 is 1.00 bits per heavy atom. The first-order valence-electron chi connectivity index (χ1n) is 11.6. The molecule has 1 aromatic carbocycles. The summed E-state index contributed by atoms with van der Waals surface area (Å²) in [7, 11) is -4.30. The van der Waals surface area contributed by atoms with Crippen molar-refractivity contribution in [3.63, 3.8) is 0 Å². The predicted molar refractivity (Wildman–Crippen MR) is 131 cm³/mol. The second kappa shape index (κ2) is 10.4. The standard InChI is InChI=1S/C25H25F3N4O4S/c1-15-6-2-3-9-18(15)23-19(25(26,27)28)12-13-21(31-23)32-37(35,36)22-11-5-10-20(30-22)29-17-8-4-7-16(14-17)24(33)34/h2-3,5-6,9-13,16-17H,4,7-8,14H2,1H3,(H,29,30)(H,31,32)(H,33,34). The Morgan fingerprint density at radius 2 is 1.76 bits per heavy atom. The number of carboxylic acids is 1. The van der Waals surface area contributed by atoms with E-state index >= 15 is 0 Å². The van der Waals surface area contributed by atoms with Crippen molar-refractivity contribution in [2.45, 2.75) is 49.9 Å². The molecule has 0 radical (unpaired) electrons. The van der Waals surface area contributed by atoms with Gasteiger partial charge in [0.15, 0.2) is 5.03 Å². The number of nitrogens with zero attached hydrogens (tertiary/aromatic N) is 2. The van der Waals surface area contributed by atoms with Crippen LogP contribution in [0.5, 0.6) is 0 Å². The molecule has 12 heteroatoms. The molecule has 2 aromatic heterocycles. The fraction of sp³-hybridized carbons (Fsp3) is 0.320. The van der Waals surface area contributed by atoms with E-state index in [9.17, 15) is 31.5 Å². The molecule has 1 saturated carbocycles. The molecule has 37 heavy (non-hydrogen) atoms. The van der Waals surface area contributed by atoms with Crippen LogP contribution in [0.1, 0.15) is 36.8 Å². The van der Waals surface area contributed by atoms with E-state index in [-0.39, 0.29) is 34.0 Å². The van der Waals surface area contributed by atoms with Gasteiger partial charge in [-0.3, -0.25) is 9.52 Å². The molecule has 0 spiro atoms. The van der Waals surface area contributed by atoms with Crippen LogP contribution in [0.3, 0.4) is 0 Å². The van der Waals surface area contributed by atoms with Gasteiger partial charge in [0.05, 0.1) is 17.2 Å². The van der Waals surface area contributed by atoms with Gasteiger partial charge in [-0.2, -0.15) is 21.6 Å². The maximum atomic E-state index is 13.7. The fourth-order valence-corrected chi connectivity index (χ4v) is 5.35. The van der Waals surface area contributed by atoms with E-state index in [1.165, 1.54) is 18.2 Å². The van der Waals surface area contributed by atoms with Gasteiger partial charge in [-0.25, -0.2) is 9.97 Å². The van der Waals surface area contributed by atoms with Crippen LogP contribution >= 0.6 is 0 Å². The number of sulfonamides is 1. The molecule has 8 nitrogen and oxygen atoms in total. The van der Waals surface area contributed by atoms with Gasteiger partial charge in [0, 0.05) is 11.6 Å². The smallest absolute Gasteiger partial charge is 0.418 e. The first-order chi connectivity index (χ1) is 17.4. The average molecular weight is 535 g/mol. The number of aliphatic carboxylic acids is 1. The summed E-state index contributed by atoms with van der Waals surface area (Å²) in [5.41, 5.74) is -0.596. The lowest BCUT2D eigenvalue weighted by atomic mass is 9.86. The third-order valence-corrected chi connectivity index (χ3v) is 7.47. The Bertz CT molecular complexity index is 1410. The van der Waals surface area contributed by atoms with Crippen LogP contribution < -0.4 is 10.0 Å². The Kier molecular flexibility index (Phi) is 7.39. The minimum absolute atomic E-state index is 0.179. The molecule has 0 aliphatic heterocycles. The van der Waals surface area contributed by atoms with Gasteiger partial charge in [-0.15, -0.1) is 0 Å². The van der Waals surface area contributed by atoms with E-state index < -0.39 is 33.7 Å². The first-order valence-corrected chi connectivity index (χ1v) is 13.1. The van der Waals surface area contributed by atoms with Crippen molar-refractivity contribution in [3.8, 4) is 11.3 Å². The first kappa shape index (κ1) is 26.4. The van der Waals surface area contributed by atoms with Crippen molar-refractivity contribution in [2.75, 3.05) is 10.0 Å². The Hall–Kier alpha value is -3.67. The number of carbonyl (C=O) groups is 1. The van der Waals surface area contributed by atoms with Crippen LogP contribution in [0.25, 0.3) is 11.3 Å². The van der Waals surface area contributed by atoms with Crippen molar-refractivity contribution in [3.05, 3.63) is 65.7 Å². The van der Waals surface area contributed by atoms with E-state index in [1.54, 1.807) is 31.2 Å². The number of anilines is 2. The molecular formula is C25H25F3N4O4S. The third-order valence-electron chi connectivity index (χ3n) is 6.21. The molecule has 0 amide bonds. The molecular weight excluding hydrogens is 509 g/mol. The highest BCUT2D eigenvalue weighted by Gasteiger charge is 2.35. The zero-order valence-corrected chi connectivity index (χ0v) is 20.6. The summed E-state index contributed by atoms with van der Waals surface area (Å²) in [5, 5.41) is 12.0. The Morgan fingerprint density at radius 3 is 2.46 bits per heavy atom. The number of aromatic nitrogens is 2. The molecule has 196 valence electrons. The highest BCUT2D eigenvalue weighted by molar-refractivity contribution is 7.92. The van der Waals surface area contributed by atoms with Crippen molar-refractivity contribution < 1.29 is 31.5 Å². The number of halogens is 3. The second-order valence-corrected chi connectivity index (χ2v) is 10.5. The Labute approximate surface area is 212 Å². The summed E-state index contributed by atoms with van der Waals surface area (Å²) in [4.78, 5) is 19.5. The summed E-state index contributed by atoms with van der Waals surface area (Å²) >= 11 is 0. The molecule has 1 aliphatic rings. The molecule has 2 heterocycles. The van der Waals surface area contributed by atoms with E-state index in [0.717, 1.165) is 25.0 Å². The van der Waals surface area contributed by atoms with E-state index in [1.807, 2.05) is 0 Å². The maximum absolute atomic E-state index is 13.7. The van der Waals surface area contributed by atoms with Gasteiger partial charge in [0.25, 0.3) is 10.0 Å². The molecule has 3 aromatic rings. The SMILES string of the molecule is Cc1ccccc1-c1nc(NS(=O)(=O)c2cccc(NC3CCCC(C(=O)O)C3)n2)ccc1C(F)(F)F. The summed E-state index contributed by atoms with van der Waals surface area (Å²) in [6, 6.07) is 12.2. The van der Waals surface area contributed by atoms with Crippen LogP contribution in [0.2, 0.25) is 0 Å². The lowest BCUT2D eigenvalue weighted by Crippen LogP contribution is -2.31. The Balaban J connectivity index is 1.60. The minimum atomic E-state index is -4.69. The molecule has 0 bridgehead atoms. The second-order valence-electron chi connectivity index (χ2n) is 8.91. The molecule has 1 aliphatic carbocycles. The number of pyridine rings is 2. The third kappa shape index (κ3) is 6.19. The van der Waals surface area contributed by atoms with Gasteiger partial charge in [0.1, 0.15) is 11.6 Å². The van der Waals surface area contributed by atoms with Crippen molar-refractivity contribution in [1.82, 2.24) is 9.97 Å². The lowest BCUT2D eigenvalue weighted by Gasteiger charge is -2.27. The number of aryl methyl sites for hydroxylation is 1. The average Bonchev–Trinajstić information content (AvgIpc) is 2.84. The van der Waals surface area contributed by atoms with E-state index in [2.05, 4.69) is 20.0 Å². The molecule has 1 fully saturated rings. The molecule has 0 saturated heterocycles. The minimum Gasteiger partial charge on any atom is -0.481 e. The van der Waals surface area contributed by atoms with Crippen LogP contribution in [0.4, 0.5) is 24.8 Å². The fourth-order valence-electron chi connectivity index (χ4n) is 4.38. The quantitative estimate of drug-likeness (QED) is 0.375. The van der Waals surface area contributed by atoms with Crippen LogP contribution in [-0.2, 0) is 21.0 Å². The van der Waals surface area contributed by atoms with Crippen LogP contribution in [0, 0.1) is 12.8 Å². The van der Waals surface area contributed by atoms with Crippen LogP contribution in [0.15, 0.2) is 59.6 Å². The normalized spacial score (nSPS) is 18.3. The van der Waals surface area contributed by atoms with Gasteiger partial charge >= 0.3 is 12.1 Å².